The van der Waals surface area contributed by atoms with Gasteiger partial charge in [0.25, 0.3) is 5.91 Å². The first-order valence-corrected chi connectivity index (χ1v) is 6.34. The Bertz CT molecular complexity index is 668. The summed E-state index contributed by atoms with van der Waals surface area (Å²) in [5.41, 5.74) is 4.11. The maximum Gasteiger partial charge on any atom is 0.272 e. The van der Waals surface area contributed by atoms with Crippen LogP contribution < -0.4 is 5.43 Å². The number of nitrogens with zero attached hydrogens (tertiary/aromatic N) is 1. The number of aromatic hydroxyl groups is 1. The zero-order valence-corrected chi connectivity index (χ0v) is 11.6. The molecule has 0 aliphatic carbocycles. The van der Waals surface area contributed by atoms with E-state index in [1.165, 1.54) is 0 Å². The van der Waals surface area contributed by atoms with Crippen LogP contribution in [0.15, 0.2) is 53.6 Å². The molecule has 0 spiro atoms. The predicted molar refractivity (Wildman–Crippen MR) is 79.2 cm³/mol. The first kappa shape index (κ1) is 14.1. The van der Waals surface area contributed by atoms with Gasteiger partial charge in [0.2, 0.25) is 0 Å². The molecule has 102 valence electrons. The van der Waals surface area contributed by atoms with E-state index in [-0.39, 0.29) is 11.7 Å². The van der Waals surface area contributed by atoms with Gasteiger partial charge in [-0.15, -0.1) is 0 Å². The first-order valence-electron chi connectivity index (χ1n) is 5.96. The molecule has 2 rings (SSSR count). The lowest BCUT2D eigenvalue weighted by atomic mass is 10.1. The fourth-order valence-corrected chi connectivity index (χ4v) is 1.86. The van der Waals surface area contributed by atoms with Gasteiger partial charge >= 0.3 is 0 Å². The Morgan fingerprint density at radius 2 is 1.95 bits per heavy atom. The van der Waals surface area contributed by atoms with Crippen molar-refractivity contribution in [3.05, 3.63) is 64.7 Å². The number of carbonyl (C=O) groups is 1. The Labute approximate surface area is 121 Å². The number of nitrogens with one attached hydrogen (secondary N) is 1. The highest BCUT2D eigenvalue weighted by molar-refractivity contribution is 6.33. The van der Waals surface area contributed by atoms with Gasteiger partial charge in [0, 0.05) is 5.56 Å². The molecule has 5 heteroatoms. The van der Waals surface area contributed by atoms with E-state index in [9.17, 15) is 9.90 Å². The minimum atomic E-state index is -0.380. The van der Waals surface area contributed by atoms with Gasteiger partial charge in [0.15, 0.2) is 0 Å². The van der Waals surface area contributed by atoms with Crippen molar-refractivity contribution in [3.8, 4) is 5.75 Å². The van der Waals surface area contributed by atoms with Crippen molar-refractivity contribution in [2.75, 3.05) is 0 Å². The number of phenols is 1. The Hall–Kier alpha value is -2.33. The molecule has 0 aliphatic rings. The smallest absolute Gasteiger partial charge is 0.272 e. The summed E-state index contributed by atoms with van der Waals surface area (Å²) in [6.45, 7) is 1.74. The third-order valence-corrected chi connectivity index (χ3v) is 3.04. The van der Waals surface area contributed by atoms with Crippen LogP contribution in [0.25, 0.3) is 0 Å². The average Bonchev–Trinajstić information content (AvgIpc) is 2.45. The molecule has 1 amide bonds. The number of rotatable bonds is 3. The predicted octanol–water partition coefficient (Wildman–Crippen LogP) is 3.20. The van der Waals surface area contributed by atoms with E-state index in [4.69, 9.17) is 11.6 Å². The van der Waals surface area contributed by atoms with Crippen molar-refractivity contribution in [1.82, 2.24) is 5.43 Å². The molecule has 0 bridgehead atoms. The molecular weight excluding hydrogens is 276 g/mol. The molecule has 0 aromatic heterocycles. The summed E-state index contributed by atoms with van der Waals surface area (Å²) in [4.78, 5) is 11.9. The maximum absolute atomic E-state index is 11.9. The molecule has 0 aliphatic heterocycles. The first-order chi connectivity index (χ1) is 9.58. The Morgan fingerprint density at radius 1 is 1.20 bits per heavy atom. The van der Waals surface area contributed by atoms with E-state index in [0.717, 1.165) is 5.56 Å². The number of halogens is 1. The molecule has 2 aromatic carbocycles. The van der Waals surface area contributed by atoms with Crippen molar-refractivity contribution in [3.63, 3.8) is 0 Å². The van der Waals surface area contributed by atoms with Crippen molar-refractivity contribution in [2.24, 2.45) is 5.10 Å². The second kappa shape index (κ2) is 6.21. The molecule has 4 nitrogen and oxygen atoms in total. The lowest BCUT2D eigenvalue weighted by molar-refractivity contribution is 0.0955. The van der Waals surface area contributed by atoms with Gasteiger partial charge in [0.05, 0.1) is 16.3 Å². The summed E-state index contributed by atoms with van der Waals surface area (Å²) in [5.74, 6) is -0.232. The SMILES string of the molecule is C/C(=N/NC(=O)c1ccccc1Cl)c1cccc(O)c1. The van der Waals surface area contributed by atoms with E-state index in [0.29, 0.717) is 16.3 Å². The lowest BCUT2D eigenvalue weighted by Crippen LogP contribution is -2.19. The van der Waals surface area contributed by atoms with Crippen LogP contribution in [-0.2, 0) is 0 Å². The summed E-state index contributed by atoms with van der Waals surface area (Å²) in [7, 11) is 0. The van der Waals surface area contributed by atoms with Crippen LogP contribution in [0.4, 0.5) is 0 Å². The molecule has 20 heavy (non-hydrogen) atoms. The molecule has 0 saturated carbocycles. The number of benzene rings is 2. The van der Waals surface area contributed by atoms with E-state index >= 15 is 0 Å². The summed E-state index contributed by atoms with van der Waals surface area (Å²) >= 11 is 5.93. The number of amides is 1. The van der Waals surface area contributed by atoms with Gasteiger partial charge < -0.3 is 5.11 Å². The Balaban J connectivity index is 2.13. The zero-order valence-electron chi connectivity index (χ0n) is 10.8. The number of carbonyl (C=O) groups excluding carboxylic acids is 1. The summed E-state index contributed by atoms with van der Waals surface area (Å²) in [6.07, 6.45) is 0. The topological polar surface area (TPSA) is 61.7 Å². The number of hydrogen-bond acceptors (Lipinski definition) is 3. The highest BCUT2D eigenvalue weighted by Crippen LogP contribution is 2.15. The third-order valence-electron chi connectivity index (χ3n) is 2.71. The third kappa shape index (κ3) is 3.36. The van der Waals surface area contributed by atoms with Crippen LogP contribution in [0.5, 0.6) is 5.75 Å². The number of hydrazone groups is 1. The van der Waals surface area contributed by atoms with Crippen LogP contribution in [0.3, 0.4) is 0 Å². The highest BCUT2D eigenvalue weighted by Gasteiger charge is 2.08. The average molecular weight is 289 g/mol. The van der Waals surface area contributed by atoms with Gasteiger partial charge in [-0.05, 0) is 31.2 Å². The standard InChI is InChI=1S/C15H13ClN2O2/c1-10(11-5-4-6-12(19)9-11)17-18-15(20)13-7-2-3-8-14(13)16/h2-9,19H,1H3,(H,18,20)/b17-10-. The number of phenolic OH excluding ortho intramolecular Hbond substituents is 1. The largest absolute Gasteiger partial charge is 0.508 e. The molecule has 0 saturated heterocycles. The monoisotopic (exact) mass is 288 g/mol. The molecule has 0 fully saturated rings. The minimum absolute atomic E-state index is 0.148. The van der Waals surface area contributed by atoms with Crippen LogP contribution in [0.1, 0.15) is 22.8 Å². The Morgan fingerprint density at radius 3 is 2.65 bits per heavy atom. The van der Waals surface area contributed by atoms with Gasteiger partial charge in [-0.1, -0.05) is 35.9 Å². The Kier molecular flexibility index (Phi) is 4.38. The quantitative estimate of drug-likeness (QED) is 0.673. The molecule has 0 heterocycles. The van der Waals surface area contributed by atoms with Crippen molar-refractivity contribution < 1.29 is 9.90 Å². The van der Waals surface area contributed by atoms with Gasteiger partial charge in [-0.25, -0.2) is 5.43 Å². The van der Waals surface area contributed by atoms with E-state index in [1.54, 1.807) is 55.5 Å². The van der Waals surface area contributed by atoms with Gasteiger partial charge in [0.1, 0.15) is 5.75 Å². The van der Waals surface area contributed by atoms with Crippen LogP contribution in [0, 0.1) is 0 Å². The van der Waals surface area contributed by atoms with Crippen LogP contribution >= 0.6 is 11.6 Å². The molecular formula is C15H13ClN2O2. The van der Waals surface area contributed by atoms with Crippen molar-refractivity contribution in [2.45, 2.75) is 6.92 Å². The van der Waals surface area contributed by atoms with E-state index in [1.807, 2.05) is 0 Å². The van der Waals surface area contributed by atoms with E-state index < -0.39 is 0 Å². The van der Waals surface area contributed by atoms with Crippen molar-refractivity contribution in [1.29, 1.82) is 0 Å². The lowest BCUT2D eigenvalue weighted by Gasteiger charge is -2.04. The fourth-order valence-electron chi connectivity index (χ4n) is 1.64. The molecule has 2 N–H and O–H groups in total. The second-order valence-corrected chi connectivity index (χ2v) is 4.58. The normalized spacial score (nSPS) is 11.2. The number of hydrogen-bond donors (Lipinski definition) is 2. The van der Waals surface area contributed by atoms with Gasteiger partial charge in [-0.2, -0.15) is 5.10 Å². The molecule has 0 radical (unpaired) electrons. The second-order valence-electron chi connectivity index (χ2n) is 4.17. The molecule has 0 atom stereocenters. The molecule has 0 unspecified atom stereocenters. The fraction of sp³-hybridized carbons (Fsp3) is 0.0667. The summed E-state index contributed by atoms with van der Waals surface area (Å²) < 4.78 is 0. The van der Waals surface area contributed by atoms with Crippen LogP contribution in [0.2, 0.25) is 5.02 Å². The maximum atomic E-state index is 11.9. The summed E-state index contributed by atoms with van der Waals surface area (Å²) in [5, 5.41) is 13.8. The summed E-state index contributed by atoms with van der Waals surface area (Å²) in [6, 6.07) is 13.4. The van der Waals surface area contributed by atoms with E-state index in [2.05, 4.69) is 10.5 Å². The molecule has 2 aromatic rings. The highest BCUT2D eigenvalue weighted by atomic mass is 35.5. The van der Waals surface area contributed by atoms with Crippen molar-refractivity contribution >= 4 is 23.2 Å². The van der Waals surface area contributed by atoms with Crippen LogP contribution in [-0.4, -0.2) is 16.7 Å². The minimum Gasteiger partial charge on any atom is -0.508 e. The zero-order chi connectivity index (χ0) is 14.5. The van der Waals surface area contributed by atoms with Gasteiger partial charge in [-0.3, -0.25) is 4.79 Å².